The van der Waals surface area contributed by atoms with Crippen molar-refractivity contribution in [3.63, 3.8) is 0 Å². The molecule has 2 N–H and O–H groups in total. The molecular weight excluding hydrogens is 316 g/mol. The largest absolute Gasteiger partial charge is 0.445 e. The number of hydrogen-bond acceptors (Lipinski definition) is 5. The van der Waals surface area contributed by atoms with Crippen LogP contribution in [0.25, 0.3) is 0 Å². The molecule has 1 aromatic rings. The molecule has 0 bridgehead atoms. The van der Waals surface area contributed by atoms with Crippen molar-refractivity contribution >= 4 is 6.09 Å². The zero-order chi connectivity index (χ0) is 17.5. The molecule has 6 heteroatoms. The highest BCUT2D eigenvalue weighted by atomic mass is 16.5. The van der Waals surface area contributed by atoms with Gasteiger partial charge >= 0.3 is 6.09 Å². The SMILES string of the molecule is CN1CCN(CCNC2CC(NC(=O)OCc3ccccc3)C2)CC1. The van der Waals surface area contributed by atoms with Gasteiger partial charge < -0.3 is 20.3 Å². The maximum Gasteiger partial charge on any atom is 0.407 e. The predicted molar refractivity (Wildman–Crippen MR) is 98.5 cm³/mol. The summed E-state index contributed by atoms with van der Waals surface area (Å²) in [5.41, 5.74) is 1.01. The van der Waals surface area contributed by atoms with Crippen molar-refractivity contribution in [3.05, 3.63) is 35.9 Å². The van der Waals surface area contributed by atoms with Gasteiger partial charge in [-0.3, -0.25) is 4.90 Å². The van der Waals surface area contributed by atoms with Gasteiger partial charge in [0.1, 0.15) is 6.61 Å². The third-order valence-electron chi connectivity index (χ3n) is 5.13. The molecule has 3 rings (SSSR count). The summed E-state index contributed by atoms with van der Waals surface area (Å²) in [5, 5.41) is 6.54. The average molecular weight is 346 g/mol. The van der Waals surface area contributed by atoms with E-state index in [9.17, 15) is 4.79 Å². The number of alkyl carbamates (subject to hydrolysis) is 1. The fourth-order valence-corrected chi connectivity index (χ4v) is 3.33. The monoisotopic (exact) mass is 346 g/mol. The Balaban J connectivity index is 1.21. The summed E-state index contributed by atoms with van der Waals surface area (Å²) in [7, 11) is 2.18. The molecule has 1 aliphatic carbocycles. The minimum absolute atomic E-state index is 0.240. The minimum atomic E-state index is -0.315. The van der Waals surface area contributed by atoms with Crippen molar-refractivity contribution in [2.24, 2.45) is 0 Å². The molecule has 2 fully saturated rings. The van der Waals surface area contributed by atoms with Crippen LogP contribution in [0.5, 0.6) is 0 Å². The van der Waals surface area contributed by atoms with Crippen LogP contribution in [0.15, 0.2) is 30.3 Å². The molecular formula is C19H30N4O2. The van der Waals surface area contributed by atoms with E-state index in [2.05, 4.69) is 27.5 Å². The molecule has 0 aromatic heterocycles. The quantitative estimate of drug-likeness (QED) is 0.779. The van der Waals surface area contributed by atoms with Gasteiger partial charge in [-0.1, -0.05) is 30.3 Å². The molecule has 6 nitrogen and oxygen atoms in total. The number of likely N-dealkylation sites (N-methyl/N-ethyl adjacent to an activating group) is 1. The second-order valence-corrected chi connectivity index (χ2v) is 7.17. The Hall–Kier alpha value is -1.63. The number of nitrogens with one attached hydrogen (secondary N) is 2. The van der Waals surface area contributed by atoms with E-state index in [1.807, 2.05) is 30.3 Å². The van der Waals surface area contributed by atoms with Gasteiger partial charge in [0.25, 0.3) is 0 Å². The molecule has 138 valence electrons. The summed E-state index contributed by atoms with van der Waals surface area (Å²) in [5.74, 6) is 0. The minimum Gasteiger partial charge on any atom is -0.445 e. The highest BCUT2D eigenvalue weighted by Crippen LogP contribution is 2.20. The predicted octanol–water partition coefficient (Wildman–Crippen LogP) is 1.28. The van der Waals surface area contributed by atoms with Crippen LogP contribution in [-0.2, 0) is 11.3 Å². The second-order valence-electron chi connectivity index (χ2n) is 7.17. The third kappa shape index (κ3) is 5.99. The Morgan fingerprint density at radius 2 is 1.84 bits per heavy atom. The van der Waals surface area contributed by atoms with E-state index in [0.717, 1.165) is 31.5 Å². The number of rotatable bonds is 7. The van der Waals surface area contributed by atoms with Gasteiger partial charge in [0.2, 0.25) is 0 Å². The summed E-state index contributed by atoms with van der Waals surface area (Å²) < 4.78 is 5.26. The first-order chi connectivity index (χ1) is 12.2. The molecule has 0 spiro atoms. The van der Waals surface area contributed by atoms with Crippen molar-refractivity contribution in [1.82, 2.24) is 20.4 Å². The summed E-state index contributed by atoms with van der Waals surface area (Å²) >= 11 is 0. The number of ether oxygens (including phenoxy) is 1. The lowest BCUT2D eigenvalue weighted by atomic mass is 9.87. The topological polar surface area (TPSA) is 56.8 Å². The number of hydrogen-bond donors (Lipinski definition) is 2. The van der Waals surface area contributed by atoms with Crippen LogP contribution < -0.4 is 10.6 Å². The second kappa shape index (κ2) is 9.17. The summed E-state index contributed by atoms with van der Waals surface area (Å²) in [6.07, 6.45) is 1.66. The Morgan fingerprint density at radius 1 is 1.12 bits per heavy atom. The van der Waals surface area contributed by atoms with Crippen LogP contribution in [0.4, 0.5) is 4.79 Å². The highest BCUT2D eigenvalue weighted by molar-refractivity contribution is 5.67. The van der Waals surface area contributed by atoms with E-state index < -0.39 is 0 Å². The lowest BCUT2D eigenvalue weighted by molar-refractivity contribution is 0.123. The molecule has 1 aliphatic heterocycles. The van der Waals surface area contributed by atoms with E-state index in [0.29, 0.717) is 12.6 Å². The van der Waals surface area contributed by atoms with Crippen LogP contribution in [-0.4, -0.2) is 74.3 Å². The maximum atomic E-state index is 11.8. The molecule has 0 atom stereocenters. The molecule has 1 saturated heterocycles. The molecule has 2 aliphatic rings. The molecule has 0 radical (unpaired) electrons. The Morgan fingerprint density at radius 3 is 2.56 bits per heavy atom. The molecule has 1 aromatic carbocycles. The first kappa shape index (κ1) is 18.2. The van der Waals surface area contributed by atoms with Gasteiger partial charge in [0.15, 0.2) is 0 Å². The highest BCUT2D eigenvalue weighted by Gasteiger charge is 2.30. The van der Waals surface area contributed by atoms with E-state index in [1.165, 1.54) is 26.2 Å². The standard InChI is InChI=1S/C19H30N4O2/c1-22-9-11-23(12-10-22)8-7-20-17-13-18(14-17)21-19(24)25-15-16-5-3-2-4-6-16/h2-6,17-18,20H,7-15H2,1H3,(H,21,24). The van der Waals surface area contributed by atoms with Gasteiger partial charge in [-0.15, -0.1) is 0 Å². The molecule has 0 unspecified atom stereocenters. The van der Waals surface area contributed by atoms with Crippen molar-refractivity contribution in [2.45, 2.75) is 31.5 Å². The normalized spacial score (nSPS) is 24.5. The van der Waals surface area contributed by atoms with E-state index in [1.54, 1.807) is 0 Å². The van der Waals surface area contributed by atoms with Crippen LogP contribution in [0.2, 0.25) is 0 Å². The fourth-order valence-electron chi connectivity index (χ4n) is 3.33. The lowest BCUT2D eigenvalue weighted by Crippen LogP contribution is -2.54. The fraction of sp³-hybridized carbons (Fsp3) is 0.632. The first-order valence-electron chi connectivity index (χ1n) is 9.30. The van der Waals surface area contributed by atoms with Crippen LogP contribution in [0.3, 0.4) is 0 Å². The third-order valence-corrected chi connectivity index (χ3v) is 5.13. The zero-order valence-electron chi connectivity index (χ0n) is 15.1. The number of amides is 1. The Kier molecular flexibility index (Phi) is 6.67. The number of carbonyl (C=O) groups excluding carboxylic acids is 1. The first-order valence-corrected chi connectivity index (χ1v) is 9.30. The number of benzene rings is 1. The molecule has 1 amide bonds. The van der Waals surface area contributed by atoms with Crippen LogP contribution in [0, 0.1) is 0 Å². The smallest absolute Gasteiger partial charge is 0.407 e. The van der Waals surface area contributed by atoms with Crippen molar-refractivity contribution in [2.75, 3.05) is 46.3 Å². The Bertz CT molecular complexity index is 525. The van der Waals surface area contributed by atoms with Gasteiger partial charge in [-0.05, 0) is 25.5 Å². The van der Waals surface area contributed by atoms with Crippen LogP contribution in [0.1, 0.15) is 18.4 Å². The van der Waals surface area contributed by atoms with E-state index >= 15 is 0 Å². The van der Waals surface area contributed by atoms with Crippen LogP contribution >= 0.6 is 0 Å². The van der Waals surface area contributed by atoms with Crippen molar-refractivity contribution < 1.29 is 9.53 Å². The van der Waals surface area contributed by atoms with Gasteiger partial charge in [0, 0.05) is 51.4 Å². The zero-order valence-corrected chi connectivity index (χ0v) is 15.1. The van der Waals surface area contributed by atoms with E-state index in [-0.39, 0.29) is 12.1 Å². The molecule has 25 heavy (non-hydrogen) atoms. The maximum absolute atomic E-state index is 11.8. The van der Waals surface area contributed by atoms with Crippen molar-refractivity contribution in [1.29, 1.82) is 0 Å². The summed E-state index contributed by atoms with van der Waals surface area (Å²) in [4.78, 5) is 16.7. The summed E-state index contributed by atoms with van der Waals surface area (Å²) in [6, 6.07) is 10.5. The number of nitrogens with zero attached hydrogens (tertiary/aromatic N) is 2. The van der Waals surface area contributed by atoms with Crippen molar-refractivity contribution in [3.8, 4) is 0 Å². The number of carbonyl (C=O) groups is 1. The Labute approximate surface area is 150 Å². The van der Waals surface area contributed by atoms with Gasteiger partial charge in [-0.25, -0.2) is 4.79 Å². The van der Waals surface area contributed by atoms with Gasteiger partial charge in [0.05, 0.1) is 0 Å². The lowest BCUT2D eigenvalue weighted by Gasteiger charge is -2.37. The van der Waals surface area contributed by atoms with E-state index in [4.69, 9.17) is 4.74 Å². The number of piperazine rings is 1. The summed E-state index contributed by atoms with van der Waals surface area (Å²) in [6.45, 7) is 7.13. The average Bonchev–Trinajstić information content (AvgIpc) is 2.60. The molecule has 1 heterocycles. The van der Waals surface area contributed by atoms with Gasteiger partial charge in [-0.2, -0.15) is 0 Å². The molecule has 1 saturated carbocycles.